The highest BCUT2D eigenvalue weighted by molar-refractivity contribution is 9.10. The van der Waals surface area contributed by atoms with E-state index in [1.165, 1.54) is 18.2 Å². The third-order valence-electron chi connectivity index (χ3n) is 4.75. The fraction of sp³-hybridized carbons (Fsp3) is 0.400. The largest absolute Gasteiger partial charge is 0.356 e. The number of imidazole rings is 1. The molecule has 0 saturated carbocycles. The van der Waals surface area contributed by atoms with Gasteiger partial charge in [-0.2, -0.15) is 0 Å². The highest BCUT2D eigenvalue weighted by atomic mass is 79.9. The zero-order valence-corrected chi connectivity index (χ0v) is 17.4. The summed E-state index contributed by atoms with van der Waals surface area (Å²) in [7, 11) is 0. The number of nitrogens with zero attached hydrogens (tertiary/aromatic N) is 3. The Morgan fingerprint density at radius 2 is 2.07 bits per heavy atom. The molecule has 9 heteroatoms. The van der Waals surface area contributed by atoms with Crippen LogP contribution in [0.15, 0.2) is 39.6 Å². The summed E-state index contributed by atoms with van der Waals surface area (Å²) in [6.45, 7) is 2.95. The van der Waals surface area contributed by atoms with Crippen LogP contribution in [0.1, 0.15) is 43.8 Å². The molecule has 1 aliphatic heterocycles. The lowest BCUT2D eigenvalue weighted by atomic mass is 10.1. The molecule has 154 valence electrons. The summed E-state index contributed by atoms with van der Waals surface area (Å²) in [5, 5.41) is 3.95. The van der Waals surface area contributed by atoms with E-state index in [2.05, 4.69) is 26.1 Å². The maximum atomic E-state index is 14.2. The molecule has 3 aromatic rings. The van der Waals surface area contributed by atoms with E-state index in [-0.39, 0.29) is 23.7 Å². The average Bonchev–Trinajstić information content (AvgIpc) is 3.32. The topological polar surface area (TPSA) is 62.3 Å². The lowest BCUT2D eigenvalue weighted by Gasteiger charge is -2.26. The summed E-state index contributed by atoms with van der Waals surface area (Å²) in [5.74, 6) is -0.705. The molecule has 1 fully saturated rings. The van der Waals surface area contributed by atoms with Gasteiger partial charge in [-0.05, 0) is 38.3 Å². The van der Waals surface area contributed by atoms with E-state index in [4.69, 9.17) is 14.0 Å². The second-order valence-electron chi connectivity index (χ2n) is 6.91. The maximum absolute atomic E-state index is 14.2. The van der Waals surface area contributed by atoms with Crippen LogP contribution < -0.4 is 0 Å². The summed E-state index contributed by atoms with van der Waals surface area (Å²) in [5.41, 5.74) is 0.269. The van der Waals surface area contributed by atoms with Crippen LogP contribution in [-0.4, -0.2) is 27.6 Å². The Morgan fingerprint density at radius 3 is 2.79 bits per heavy atom. The van der Waals surface area contributed by atoms with Crippen LogP contribution in [0.25, 0.3) is 11.3 Å². The number of hydrogen-bond acceptors (Lipinski definition) is 5. The minimum Gasteiger partial charge on any atom is -0.356 e. The second-order valence-corrected chi connectivity index (χ2v) is 7.83. The van der Waals surface area contributed by atoms with Crippen LogP contribution in [0, 0.1) is 11.6 Å². The van der Waals surface area contributed by atoms with Crippen molar-refractivity contribution in [3.05, 3.63) is 58.2 Å². The normalized spacial score (nSPS) is 18.1. The van der Waals surface area contributed by atoms with Crippen molar-refractivity contribution in [1.82, 2.24) is 14.7 Å². The van der Waals surface area contributed by atoms with Gasteiger partial charge in [-0.25, -0.2) is 13.8 Å². The van der Waals surface area contributed by atoms with Crippen molar-refractivity contribution in [3.63, 3.8) is 0 Å². The standard InChI is InChI=1S/C20H20BrF2N3O3/c1-12(28-18-4-2-3-7-27-18)20-24-5-6-26(20)11-14-10-17(29-25-14)19-15(22)8-13(21)9-16(19)23/h5-6,8-10,12,18H,2-4,7,11H2,1H3/t12-,18?/m0/s1. The van der Waals surface area contributed by atoms with Gasteiger partial charge in [0.1, 0.15) is 29.3 Å². The molecule has 1 aromatic carbocycles. The van der Waals surface area contributed by atoms with Crippen molar-refractivity contribution < 1.29 is 22.8 Å². The number of aromatic nitrogens is 3. The molecule has 2 atom stereocenters. The minimum atomic E-state index is -0.725. The molecular weight excluding hydrogens is 448 g/mol. The molecule has 0 aliphatic carbocycles. The summed E-state index contributed by atoms with van der Waals surface area (Å²) < 4.78 is 47.3. The molecule has 6 nitrogen and oxygen atoms in total. The third-order valence-corrected chi connectivity index (χ3v) is 5.21. The summed E-state index contributed by atoms with van der Waals surface area (Å²) in [6.07, 6.45) is 5.96. The molecule has 1 aliphatic rings. The molecule has 2 aromatic heterocycles. The van der Waals surface area contributed by atoms with Gasteiger partial charge in [0, 0.05) is 29.5 Å². The number of ether oxygens (including phenoxy) is 2. The molecule has 0 amide bonds. The van der Waals surface area contributed by atoms with E-state index in [1.54, 1.807) is 12.4 Å². The van der Waals surface area contributed by atoms with Crippen molar-refractivity contribution in [2.45, 2.75) is 45.1 Å². The first kappa shape index (κ1) is 20.2. The average molecular weight is 468 g/mol. The zero-order chi connectivity index (χ0) is 20.4. The van der Waals surface area contributed by atoms with Crippen molar-refractivity contribution in [3.8, 4) is 11.3 Å². The van der Waals surface area contributed by atoms with Gasteiger partial charge in [0.25, 0.3) is 0 Å². The van der Waals surface area contributed by atoms with Crippen LogP contribution in [0.2, 0.25) is 0 Å². The molecule has 0 radical (unpaired) electrons. The van der Waals surface area contributed by atoms with Crippen LogP contribution in [0.3, 0.4) is 0 Å². The Bertz CT molecular complexity index is 962. The highest BCUT2D eigenvalue weighted by Gasteiger charge is 2.22. The third kappa shape index (κ3) is 4.57. The van der Waals surface area contributed by atoms with E-state index in [1.807, 2.05) is 11.5 Å². The number of halogens is 3. The lowest BCUT2D eigenvalue weighted by Crippen LogP contribution is -2.24. The van der Waals surface area contributed by atoms with Gasteiger partial charge in [0.2, 0.25) is 0 Å². The smallest absolute Gasteiger partial charge is 0.173 e. The van der Waals surface area contributed by atoms with Gasteiger partial charge in [-0.3, -0.25) is 0 Å². The van der Waals surface area contributed by atoms with Crippen molar-refractivity contribution in [2.24, 2.45) is 0 Å². The van der Waals surface area contributed by atoms with Crippen LogP contribution in [0.4, 0.5) is 8.78 Å². The molecule has 3 heterocycles. The van der Waals surface area contributed by atoms with E-state index in [0.717, 1.165) is 19.3 Å². The molecule has 0 spiro atoms. The zero-order valence-electron chi connectivity index (χ0n) is 15.8. The van der Waals surface area contributed by atoms with E-state index >= 15 is 0 Å². The van der Waals surface area contributed by atoms with Gasteiger partial charge >= 0.3 is 0 Å². The van der Waals surface area contributed by atoms with Crippen LogP contribution >= 0.6 is 15.9 Å². The van der Waals surface area contributed by atoms with Gasteiger partial charge in [-0.15, -0.1) is 0 Å². The number of benzene rings is 1. The predicted octanol–water partition coefficient (Wildman–Crippen LogP) is 5.23. The molecular formula is C20H20BrF2N3O3. The number of rotatable bonds is 6. The van der Waals surface area contributed by atoms with Gasteiger partial charge in [-0.1, -0.05) is 21.1 Å². The van der Waals surface area contributed by atoms with Gasteiger partial charge in [0.15, 0.2) is 12.1 Å². The molecule has 4 rings (SSSR count). The quantitative estimate of drug-likeness (QED) is 0.496. The van der Waals surface area contributed by atoms with Crippen LogP contribution in [0.5, 0.6) is 0 Å². The Morgan fingerprint density at radius 1 is 1.28 bits per heavy atom. The number of hydrogen-bond donors (Lipinski definition) is 0. The Balaban J connectivity index is 1.49. The van der Waals surface area contributed by atoms with Crippen molar-refractivity contribution in [1.29, 1.82) is 0 Å². The first-order valence-electron chi connectivity index (χ1n) is 9.40. The fourth-order valence-electron chi connectivity index (χ4n) is 3.38. The highest BCUT2D eigenvalue weighted by Crippen LogP contribution is 2.30. The minimum absolute atomic E-state index is 0.0315. The Labute approximate surface area is 174 Å². The Kier molecular flexibility index (Phi) is 6.07. The Hall–Kier alpha value is -2.10. The van der Waals surface area contributed by atoms with Crippen molar-refractivity contribution in [2.75, 3.05) is 6.61 Å². The SMILES string of the molecule is C[C@H](OC1CCCCO1)c1nccn1Cc1cc(-c2c(F)cc(Br)cc2F)on1. The maximum Gasteiger partial charge on any atom is 0.173 e. The first-order chi connectivity index (χ1) is 14.0. The molecule has 29 heavy (non-hydrogen) atoms. The fourth-order valence-corrected chi connectivity index (χ4v) is 3.78. The van der Waals surface area contributed by atoms with Gasteiger partial charge in [0.05, 0.1) is 12.1 Å². The van der Waals surface area contributed by atoms with Crippen LogP contribution in [-0.2, 0) is 16.0 Å². The van der Waals surface area contributed by atoms with Crippen molar-refractivity contribution >= 4 is 15.9 Å². The summed E-state index contributed by atoms with van der Waals surface area (Å²) in [4.78, 5) is 4.38. The lowest BCUT2D eigenvalue weighted by molar-refractivity contribution is -0.188. The van der Waals surface area contributed by atoms with Gasteiger partial charge < -0.3 is 18.6 Å². The monoisotopic (exact) mass is 467 g/mol. The van der Waals surface area contributed by atoms with E-state index in [0.29, 0.717) is 29.1 Å². The molecule has 0 N–H and O–H groups in total. The summed E-state index contributed by atoms with van der Waals surface area (Å²) >= 11 is 3.06. The molecule has 1 saturated heterocycles. The second kappa shape index (κ2) is 8.73. The van der Waals surface area contributed by atoms with E-state index < -0.39 is 11.6 Å². The predicted molar refractivity (Wildman–Crippen MR) is 104 cm³/mol. The van der Waals surface area contributed by atoms with E-state index in [9.17, 15) is 8.78 Å². The molecule has 1 unspecified atom stereocenters. The first-order valence-corrected chi connectivity index (χ1v) is 10.2. The summed E-state index contributed by atoms with van der Waals surface area (Å²) in [6, 6.07) is 3.89. The molecule has 0 bridgehead atoms.